The molecule has 9 heteroatoms. The van der Waals surface area contributed by atoms with E-state index in [1.807, 2.05) is 37.2 Å². The maximum atomic E-state index is 4.41. The van der Waals surface area contributed by atoms with Crippen molar-refractivity contribution in [2.24, 2.45) is 12.0 Å². The van der Waals surface area contributed by atoms with Crippen LogP contribution in [-0.4, -0.2) is 70.4 Å². The smallest absolute Gasteiger partial charge is 0.225 e. The zero-order valence-electron chi connectivity index (χ0n) is 14.7. The van der Waals surface area contributed by atoms with E-state index in [-0.39, 0.29) is 24.0 Å². The van der Waals surface area contributed by atoms with Crippen LogP contribution in [0.1, 0.15) is 5.56 Å². The third kappa shape index (κ3) is 5.28. The summed E-state index contributed by atoms with van der Waals surface area (Å²) < 4.78 is 1.83. The van der Waals surface area contributed by atoms with Crippen molar-refractivity contribution in [1.82, 2.24) is 30.0 Å². The summed E-state index contributed by atoms with van der Waals surface area (Å²) in [5.41, 5.74) is 1.23. The molecule has 1 aliphatic rings. The van der Waals surface area contributed by atoms with E-state index in [1.54, 1.807) is 12.4 Å². The number of aryl methyl sites for hydroxylation is 1. The van der Waals surface area contributed by atoms with E-state index in [2.05, 4.69) is 35.2 Å². The SMILES string of the molecule is CN=C(NCCc1cnn(C)c1)N1CCN(c2ncccn2)CC1.I. The van der Waals surface area contributed by atoms with Gasteiger partial charge in [0.1, 0.15) is 0 Å². The molecule has 0 aromatic carbocycles. The number of nitrogens with one attached hydrogen (secondary N) is 1. The Hall–Kier alpha value is -1.91. The van der Waals surface area contributed by atoms with Gasteiger partial charge < -0.3 is 15.1 Å². The molecule has 1 N–H and O–H groups in total. The molecular weight excluding hydrogens is 431 g/mol. The summed E-state index contributed by atoms with van der Waals surface area (Å²) in [4.78, 5) is 17.5. The minimum absolute atomic E-state index is 0. The van der Waals surface area contributed by atoms with Crippen LogP contribution in [-0.2, 0) is 13.5 Å². The van der Waals surface area contributed by atoms with E-state index in [1.165, 1.54) is 5.56 Å². The fraction of sp³-hybridized carbons (Fsp3) is 0.500. The molecule has 1 saturated heterocycles. The highest BCUT2D eigenvalue weighted by Gasteiger charge is 2.20. The second-order valence-electron chi connectivity index (χ2n) is 5.77. The molecule has 0 unspecified atom stereocenters. The van der Waals surface area contributed by atoms with Gasteiger partial charge in [0.05, 0.1) is 6.20 Å². The predicted octanol–water partition coefficient (Wildman–Crippen LogP) is 0.768. The summed E-state index contributed by atoms with van der Waals surface area (Å²) in [6, 6.07) is 1.84. The van der Waals surface area contributed by atoms with Crippen LogP contribution in [0.25, 0.3) is 0 Å². The van der Waals surface area contributed by atoms with Gasteiger partial charge in [0.15, 0.2) is 5.96 Å². The van der Waals surface area contributed by atoms with Crippen LogP contribution in [0, 0.1) is 0 Å². The van der Waals surface area contributed by atoms with Crippen molar-refractivity contribution < 1.29 is 0 Å². The molecule has 25 heavy (non-hydrogen) atoms. The minimum Gasteiger partial charge on any atom is -0.356 e. The summed E-state index contributed by atoms with van der Waals surface area (Å²) in [5, 5.41) is 7.63. The molecule has 8 nitrogen and oxygen atoms in total. The number of aromatic nitrogens is 4. The fourth-order valence-electron chi connectivity index (χ4n) is 2.82. The second kappa shape index (κ2) is 9.54. The van der Waals surface area contributed by atoms with Crippen LogP contribution >= 0.6 is 24.0 Å². The van der Waals surface area contributed by atoms with Crippen molar-refractivity contribution in [3.05, 3.63) is 36.4 Å². The lowest BCUT2D eigenvalue weighted by atomic mass is 10.2. The number of aliphatic imine (C=N–C) groups is 1. The standard InChI is InChI=1S/C16H24N8.HI/c1-17-15(20-7-4-14-12-21-22(2)13-14)23-8-10-24(11-9-23)16-18-5-3-6-19-16;/h3,5-6,12-13H,4,7-11H2,1-2H3,(H,17,20);1H. The zero-order chi connectivity index (χ0) is 16.8. The number of anilines is 1. The van der Waals surface area contributed by atoms with Gasteiger partial charge in [-0.2, -0.15) is 5.10 Å². The first kappa shape index (κ1) is 19.4. The first-order valence-electron chi connectivity index (χ1n) is 8.21. The van der Waals surface area contributed by atoms with E-state index in [0.717, 1.165) is 51.1 Å². The van der Waals surface area contributed by atoms with Crippen LogP contribution in [0.15, 0.2) is 35.8 Å². The van der Waals surface area contributed by atoms with Gasteiger partial charge in [-0.15, -0.1) is 24.0 Å². The zero-order valence-corrected chi connectivity index (χ0v) is 17.0. The molecular formula is C16H25IN8. The molecule has 3 heterocycles. The third-order valence-electron chi connectivity index (χ3n) is 4.08. The van der Waals surface area contributed by atoms with Gasteiger partial charge in [-0.3, -0.25) is 9.67 Å². The van der Waals surface area contributed by atoms with Gasteiger partial charge in [0, 0.05) is 65.4 Å². The van der Waals surface area contributed by atoms with Crippen LogP contribution in [0.5, 0.6) is 0 Å². The topological polar surface area (TPSA) is 74.5 Å². The Bertz CT molecular complexity index is 664. The average Bonchev–Trinajstić information content (AvgIpc) is 3.05. The van der Waals surface area contributed by atoms with Crippen molar-refractivity contribution in [2.75, 3.05) is 44.7 Å². The molecule has 2 aromatic rings. The molecule has 1 fully saturated rings. The van der Waals surface area contributed by atoms with Crippen LogP contribution < -0.4 is 10.2 Å². The number of piperazine rings is 1. The molecule has 0 atom stereocenters. The van der Waals surface area contributed by atoms with Crippen LogP contribution in [0.4, 0.5) is 5.95 Å². The summed E-state index contributed by atoms with van der Waals surface area (Å²) in [5.74, 6) is 1.75. The average molecular weight is 456 g/mol. The van der Waals surface area contributed by atoms with Gasteiger partial charge in [-0.05, 0) is 18.1 Å². The van der Waals surface area contributed by atoms with Gasteiger partial charge in [-0.25, -0.2) is 9.97 Å². The van der Waals surface area contributed by atoms with Crippen LogP contribution in [0.3, 0.4) is 0 Å². The number of hydrogen-bond acceptors (Lipinski definition) is 5. The molecule has 0 bridgehead atoms. The van der Waals surface area contributed by atoms with Gasteiger partial charge in [-0.1, -0.05) is 0 Å². The Morgan fingerprint density at radius 2 is 1.92 bits per heavy atom. The predicted molar refractivity (Wildman–Crippen MR) is 110 cm³/mol. The highest BCUT2D eigenvalue weighted by molar-refractivity contribution is 14.0. The van der Waals surface area contributed by atoms with E-state index in [0.29, 0.717) is 0 Å². The maximum absolute atomic E-state index is 4.41. The summed E-state index contributed by atoms with van der Waals surface area (Å²) in [6.07, 6.45) is 8.46. The van der Waals surface area contributed by atoms with E-state index >= 15 is 0 Å². The first-order chi connectivity index (χ1) is 11.8. The Balaban J connectivity index is 0.00000225. The number of rotatable bonds is 4. The number of halogens is 1. The summed E-state index contributed by atoms with van der Waals surface area (Å²) >= 11 is 0. The quantitative estimate of drug-likeness (QED) is 0.416. The van der Waals surface area contributed by atoms with Crippen molar-refractivity contribution in [1.29, 1.82) is 0 Å². The molecule has 3 rings (SSSR count). The van der Waals surface area contributed by atoms with Gasteiger partial charge in [0.2, 0.25) is 5.95 Å². The fourth-order valence-corrected chi connectivity index (χ4v) is 2.82. The minimum atomic E-state index is 0. The molecule has 0 radical (unpaired) electrons. The maximum Gasteiger partial charge on any atom is 0.225 e. The van der Waals surface area contributed by atoms with Crippen molar-refractivity contribution >= 4 is 35.9 Å². The van der Waals surface area contributed by atoms with E-state index in [4.69, 9.17) is 0 Å². The van der Waals surface area contributed by atoms with Crippen molar-refractivity contribution in [2.45, 2.75) is 6.42 Å². The van der Waals surface area contributed by atoms with Crippen LogP contribution in [0.2, 0.25) is 0 Å². The van der Waals surface area contributed by atoms with E-state index < -0.39 is 0 Å². The molecule has 0 saturated carbocycles. The Labute approximate surface area is 165 Å². The molecule has 0 spiro atoms. The van der Waals surface area contributed by atoms with Crippen molar-refractivity contribution in [3.63, 3.8) is 0 Å². The summed E-state index contributed by atoms with van der Waals surface area (Å²) in [6.45, 7) is 4.46. The molecule has 136 valence electrons. The Morgan fingerprint density at radius 3 is 2.52 bits per heavy atom. The number of hydrogen-bond donors (Lipinski definition) is 1. The second-order valence-corrected chi connectivity index (χ2v) is 5.77. The Kier molecular flexibility index (Phi) is 7.41. The molecule has 0 amide bonds. The first-order valence-corrected chi connectivity index (χ1v) is 8.21. The lowest BCUT2D eigenvalue weighted by Crippen LogP contribution is -2.53. The highest BCUT2D eigenvalue weighted by Crippen LogP contribution is 2.09. The van der Waals surface area contributed by atoms with Crippen molar-refractivity contribution in [3.8, 4) is 0 Å². The van der Waals surface area contributed by atoms with Gasteiger partial charge in [0.25, 0.3) is 0 Å². The number of guanidine groups is 1. The normalized spacial score (nSPS) is 15.0. The molecule has 0 aliphatic carbocycles. The van der Waals surface area contributed by atoms with Gasteiger partial charge >= 0.3 is 0 Å². The molecule has 2 aromatic heterocycles. The third-order valence-corrected chi connectivity index (χ3v) is 4.08. The largest absolute Gasteiger partial charge is 0.356 e. The van der Waals surface area contributed by atoms with E-state index in [9.17, 15) is 0 Å². The summed E-state index contributed by atoms with van der Waals surface area (Å²) in [7, 11) is 3.77. The Morgan fingerprint density at radius 1 is 1.20 bits per heavy atom. The molecule has 1 aliphatic heterocycles. The lowest BCUT2D eigenvalue weighted by molar-refractivity contribution is 0.370. The monoisotopic (exact) mass is 456 g/mol. The highest BCUT2D eigenvalue weighted by atomic mass is 127. The number of nitrogens with zero attached hydrogens (tertiary/aromatic N) is 7. The lowest BCUT2D eigenvalue weighted by Gasteiger charge is -2.36.